The molecule has 0 radical (unpaired) electrons. The van der Waals surface area contributed by atoms with Crippen LogP contribution >= 0.6 is 0 Å². The molecule has 0 fully saturated rings. The Kier molecular flexibility index (Phi) is 3.21. The van der Waals surface area contributed by atoms with Crippen molar-refractivity contribution in [3.8, 4) is 11.4 Å². The normalized spacial score (nSPS) is 10.7. The average molecular weight is 267 g/mol. The summed E-state index contributed by atoms with van der Waals surface area (Å²) in [4.78, 5) is 4.35. The number of hydrogen-bond donors (Lipinski definition) is 1. The van der Waals surface area contributed by atoms with Crippen LogP contribution in [-0.4, -0.2) is 9.55 Å². The van der Waals surface area contributed by atoms with Crippen molar-refractivity contribution in [1.29, 1.82) is 0 Å². The quantitative estimate of drug-likeness (QED) is 0.740. The van der Waals surface area contributed by atoms with E-state index in [1.807, 2.05) is 41.1 Å². The number of halogens is 1. The molecule has 3 rings (SSSR count). The molecule has 1 aromatic heterocycles. The van der Waals surface area contributed by atoms with Crippen LogP contribution in [0.25, 0.3) is 11.4 Å². The van der Waals surface area contributed by atoms with Crippen LogP contribution in [0.1, 0.15) is 5.56 Å². The maximum absolute atomic E-state index is 13.9. The zero-order valence-corrected chi connectivity index (χ0v) is 10.8. The predicted octanol–water partition coefficient (Wildman–Crippen LogP) is 3.32. The second-order valence-corrected chi connectivity index (χ2v) is 4.60. The average Bonchev–Trinajstić information content (AvgIpc) is 2.91. The molecule has 0 aliphatic rings. The van der Waals surface area contributed by atoms with Crippen molar-refractivity contribution in [2.75, 3.05) is 5.73 Å². The monoisotopic (exact) mass is 267 g/mol. The zero-order chi connectivity index (χ0) is 13.9. The molecule has 0 unspecified atom stereocenters. The lowest BCUT2D eigenvalue weighted by molar-refractivity contribution is 0.601. The van der Waals surface area contributed by atoms with Gasteiger partial charge in [-0.05, 0) is 12.1 Å². The van der Waals surface area contributed by atoms with Crippen LogP contribution in [0.3, 0.4) is 0 Å². The highest BCUT2D eigenvalue weighted by Gasteiger charge is 2.08. The number of aromatic nitrogens is 2. The third kappa shape index (κ3) is 2.40. The van der Waals surface area contributed by atoms with E-state index in [1.54, 1.807) is 18.3 Å². The Morgan fingerprint density at radius 3 is 2.65 bits per heavy atom. The second kappa shape index (κ2) is 5.17. The Morgan fingerprint density at radius 2 is 1.90 bits per heavy atom. The zero-order valence-electron chi connectivity index (χ0n) is 10.8. The highest BCUT2D eigenvalue weighted by molar-refractivity contribution is 5.55. The fourth-order valence-corrected chi connectivity index (χ4v) is 2.16. The maximum Gasteiger partial charge on any atom is 0.140 e. The Balaban J connectivity index is 1.95. The summed E-state index contributed by atoms with van der Waals surface area (Å²) in [6, 6.07) is 14.6. The first-order valence-corrected chi connectivity index (χ1v) is 6.34. The molecule has 0 aliphatic carbocycles. The van der Waals surface area contributed by atoms with Crippen LogP contribution in [0.2, 0.25) is 0 Å². The highest BCUT2D eigenvalue weighted by Crippen LogP contribution is 2.19. The molecule has 0 spiro atoms. The molecule has 2 N–H and O–H groups in total. The molecule has 100 valence electrons. The van der Waals surface area contributed by atoms with Gasteiger partial charge in [-0.1, -0.05) is 36.4 Å². The lowest BCUT2D eigenvalue weighted by Gasteiger charge is -2.09. The molecule has 1 heterocycles. The van der Waals surface area contributed by atoms with Gasteiger partial charge in [0.25, 0.3) is 0 Å². The van der Waals surface area contributed by atoms with Gasteiger partial charge in [0, 0.05) is 29.2 Å². The minimum absolute atomic E-state index is 0.294. The van der Waals surface area contributed by atoms with Crippen LogP contribution in [0, 0.1) is 5.82 Å². The SMILES string of the molecule is Nc1ccc(Cn2ccnc2-c2ccccc2)c(F)c1. The number of nitrogens with two attached hydrogens (primary N) is 1. The second-order valence-electron chi connectivity index (χ2n) is 4.60. The molecular formula is C16H14FN3. The molecule has 20 heavy (non-hydrogen) atoms. The van der Waals surface area contributed by atoms with Crippen molar-refractivity contribution in [2.24, 2.45) is 0 Å². The summed E-state index contributed by atoms with van der Waals surface area (Å²) in [6.45, 7) is 0.427. The molecule has 0 atom stereocenters. The Labute approximate surface area is 116 Å². The van der Waals surface area contributed by atoms with E-state index in [-0.39, 0.29) is 5.82 Å². The van der Waals surface area contributed by atoms with E-state index >= 15 is 0 Å². The van der Waals surface area contributed by atoms with Crippen molar-refractivity contribution in [2.45, 2.75) is 6.54 Å². The molecule has 0 bridgehead atoms. The summed E-state index contributed by atoms with van der Waals surface area (Å²) < 4.78 is 15.8. The van der Waals surface area contributed by atoms with Gasteiger partial charge in [-0.2, -0.15) is 0 Å². The first-order valence-electron chi connectivity index (χ1n) is 6.34. The van der Waals surface area contributed by atoms with Crippen LogP contribution in [0.4, 0.5) is 10.1 Å². The van der Waals surface area contributed by atoms with Crippen molar-refractivity contribution in [1.82, 2.24) is 9.55 Å². The summed E-state index contributed by atoms with van der Waals surface area (Å²) in [5.41, 5.74) is 7.59. The van der Waals surface area contributed by atoms with Gasteiger partial charge >= 0.3 is 0 Å². The van der Waals surface area contributed by atoms with Gasteiger partial charge in [0.15, 0.2) is 0 Å². The number of nitrogens with zero attached hydrogens (tertiary/aromatic N) is 2. The molecular weight excluding hydrogens is 253 g/mol. The maximum atomic E-state index is 13.9. The van der Waals surface area contributed by atoms with Crippen molar-refractivity contribution in [3.63, 3.8) is 0 Å². The largest absolute Gasteiger partial charge is 0.399 e. The smallest absolute Gasteiger partial charge is 0.140 e. The molecule has 3 nitrogen and oxygen atoms in total. The summed E-state index contributed by atoms with van der Waals surface area (Å²) in [5.74, 6) is 0.527. The topological polar surface area (TPSA) is 43.8 Å². The van der Waals surface area contributed by atoms with E-state index in [0.29, 0.717) is 17.8 Å². The van der Waals surface area contributed by atoms with Gasteiger partial charge in [0.2, 0.25) is 0 Å². The van der Waals surface area contributed by atoms with Crippen LogP contribution in [-0.2, 0) is 6.54 Å². The molecule has 3 aromatic rings. The van der Waals surface area contributed by atoms with Crippen molar-refractivity contribution >= 4 is 5.69 Å². The van der Waals surface area contributed by atoms with Crippen molar-refractivity contribution in [3.05, 3.63) is 72.3 Å². The third-order valence-corrected chi connectivity index (χ3v) is 3.17. The third-order valence-electron chi connectivity index (χ3n) is 3.17. The lowest BCUT2D eigenvalue weighted by atomic mass is 10.1. The van der Waals surface area contributed by atoms with E-state index in [1.165, 1.54) is 6.07 Å². The Hall–Kier alpha value is -2.62. The molecule has 2 aromatic carbocycles. The molecule has 0 saturated heterocycles. The van der Waals surface area contributed by atoms with Crippen LogP contribution < -0.4 is 5.73 Å². The van der Waals surface area contributed by atoms with Gasteiger partial charge in [-0.15, -0.1) is 0 Å². The minimum atomic E-state index is -0.294. The first kappa shape index (κ1) is 12.4. The molecule has 4 heteroatoms. The Bertz CT molecular complexity index is 720. The summed E-state index contributed by atoms with van der Waals surface area (Å²) >= 11 is 0. The van der Waals surface area contributed by atoms with E-state index in [4.69, 9.17) is 5.73 Å². The molecule has 0 saturated carbocycles. The fraction of sp³-hybridized carbons (Fsp3) is 0.0625. The highest BCUT2D eigenvalue weighted by atomic mass is 19.1. The number of nitrogen functional groups attached to an aromatic ring is 1. The van der Waals surface area contributed by atoms with Gasteiger partial charge < -0.3 is 10.3 Å². The molecule has 0 aliphatic heterocycles. The number of benzene rings is 2. The van der Waals surface area contributed by atoms with E-state index in [0.717, 1.165) is 11.4 Å². The molecule has 0 amide bonds. The minimum Gasteiger partial charge on any atom is -0.399 e. The number of hydrogen-bond acceptors (Lipinski definition) is 2. The predicted molar refractivity (Wildman–Crippen MR) is 77.6 cm³/mol. The van der Waals surface area contributed by atoms with Gasteiger partial charge in [-0.3, -0.25) is 0 Å². The summed E-state index contributed by atoms with van der Waals surface area (Å²) in [5, 5.41) is 0. The van der Waals surface area contributed by atoms with Crippen LogP contribution in [0.15, 0.2) is 60.9 Å². The number of anilines is 1. The lowest BCUT2D eigenvalue weighted by Crippen LogP contribution is -2.03. The van der Waals surface area contributed by atoms with E-state index in [2.05, 4.69) is 4.98 Å². The first-order chi connectivity index (χ1) is 9.74. The van der Waals surface area contributed by atoms with Crippen LogP contribution in [0.5, 0.6) is 0 Å². The van der Waals surface area contributed by atoms with E-state index < -0.39 is 0 Å². The van der Waals surface area contributed by atoms with Crippen molar-refractivity contribution < 1.29 is 4.39 Å². The van der Waals surface area contributed by atoms with E-state index in [9.17, 15) is 4.39 Å². The van der Waals surface area contributed by atoms with Gasteiger partial charge in [0.1, 0.15) is 11.6 Å². The Morgan fingerprint density at radius 1 is 1.10 bits per heavy atom. The fourth-order valence-electron chi connectivity index (χ4n) is 2.16. The standard InChI is InChI=1S/C16H14FN3/c17-15-10-14(18)7-6-13(15)11-20-9-8-19-16(20)12-4-2-1-3-5-12/h1-10H,11,18H2. The summed E-state index contributed by atoms with van der Waals surface area (Å²) in [7, 11) is 0. The van der Waals surface area contributed by atoms with Gasteiger partial charge in [-0.25, -0.2) is 9.37 Å². The number of rotatable bonds is 3. The number of imidazole rings is 1. The van der Waals surface area contributed by atoms with Gasteiger partial charge in [0.05, 0.1) is 6.54 Å². The summed E-state index contributed by atoms with van der Waals surface area (Å²) in [6.07, 6.45) is 3.57.